The normalized spacial score (nSPS) is 10.1. The van der Waals surface area contributed by atoms with E-state index in [-0.39, 0.29) is 11.6 Å². The van der Waals surface area contributed by atoms with Crippen LogP contribution in [-0.4, -0.2) is 11.0 Å². The van der Waals surface area contributed by atoms with Crippen molar-refractivity contribution in [2.75, 3.05) is 5.32 Å². The minimum absolute atomic E-state index is 0.142. The van der Waals surface area contributed by atoms with Crippen LogP contribution in [0.15, 0.2) is 59.1 Å². The molecule has 0 unspecified atom stereocenters. The number of hydrogen-bond donors (Lipinski definition) is 2. The summed E-state index contributed by atoms with van der Waals surface area (Å²) >= 11 is 5.93. The lowest BCUT2D eigenvalue weighted by Gasteiger charge is -2.07. The maximum absolute atomic E-state index is 11.9. The number of rotatable bonds is 4. The average molecular weight is 353 g/mol. The zero-order chi connectivity index (χ0) is 17.6. The van der Waals surface area contributed by atoms with Gasteiger partial charge in [0.15, 0.2) is 5.76 Å². The summed E-state index contributed by atoms with van der Waals surface area (Å²) in [7, 11) is 0. The Labute approximate surface area is 149 Å². The molecule has 0 saturated carbocycles. The molecule has 25 heavy (non-hydrogen) atoms. The zero-order valence-corrected chi connectivity index (χ0v) is 13.7. The standard InChI is InChI=1S/C18H13ClN4O2/c19-15-8-14(7-6-13(15)9-20)23-18(24)22-11-17-21-10-16(25-17)12-4-2-1-3-5-12/h1-8,10H,11H2,(H2,22,23,24). The number of hydrogen-bond acceptors (Lipinski definition) is 4. The number of benzene rings is 2. The lowest BCUT2D eigenvalue weighted by atomic mass is 10.2. The minimum atomic E-state index is -0.430. The van der Waals surface area contributed by atoms with Gasteiger partial charge in [0.2, 0.25) is 5.89 Å². The molecule has 0 aliphatic heterocycles. The van der Waals surface area contributed by atoms with E-state index in [9.17, 15) is 4.79 Å². The molecule has 0 aliphatic carbocycles. The molecule has 3 rings (SSSR count). The van der Waals surface area contributed by atoms with E-state index in [1.807, 2.05) is 36.4 Å². The van der Waals surface area contributed by atoms with Crippen molar-refractivity contribution in [3.05, 3.63) is 71.2 Å². The molecule has 6 nitrogen and oxygen atoms in total. The lowest BCUT2D eigenvalue weighted by molar-refractivity contribution is 0.250. The monoisotopic (exact) mass is 352 g/mol. The summed E-state index contributed by atoms with van der Waals surface area (Å²) in [4.78, 5) is 16.1. The van der Waals surface area contributed by atoms with E-state index in [1.54, 1.807) is 12.3 Å². The molecule has 0 aliphatic rings. The highest BCUT2D eigenvalue weighted by Crippen LogP contribution is 2.21. The van der Waals surface area contributed by atoms with Crippen molar-refractivity contribution in [3.8, 4) is 17.4 Å². The predicted molar refractivity (Wildman–Crippen MR) is 94.0 cm³/mol. The van der Waals surface area contributed by atoms with Crippen LogP contribution < -0.4 is 10.6 Å². The first-order valence-corrected chi connectivity index (χ1v) is 7.78. The smallest absolute Gasteiger partial charge is 0.319 e. The fourth-order valence-electron chi connectivity index (χ4n) is 2.14. The number of aromatic nitrogens is 1. The highest BCUT2D eigenvalue weighted by atomic mass is 35.5. The highest BCUT2D eigenvalue weighted by molar-refractivity contribution is 6.32. The van der Waals surface area contributed by atoms with Gasteiger partial charge >= 0.3 is 6.03 Å². The van der Waals surface area contributed by atoms with Gasteiger partial charge in [-0.1, -0.05) is 41.9 Å². The van der Waals surface area contributed by atoms with E-state index in [0.29, 0.717) is 22.9 Å². The second kappa shape index (κ2) is 7.51. The van der Waals surface area contributed by atoms with Crippen LogP contribution in [0, 0.1) is 11.3 Å². The van der Waals surface area contributed by atoms with Crippen LogP contribution in [0.3, 0.4) is 0 Å². The number of carbonyl (C=O) groups excluding carboxylic acids is 1. The van der Waals surface area contributed by atoms with Gasteiger partial charge in [-0.3, -0.25) is 0 Å². The molecule has 2 N–H and O–H groups in total. The van der Waals surface area contributed by atoms with E-state index in [1.165, 1.54) is 12.1 Å². The minimum Gasteiger partial charge on any atom is -0.439 e. The van der Waals surface area contributed by atoms with Gasteiger partial charge in [-0.05, 0) is 18.2 Å². The molecule has 0 saturated heterocycles. The summed E-state index contributed by atoms with van der Waals surface area (Å²) in [6, 6.07) is 15.7. The summed E-state index contributed by atoms with van der Waals surface area (Å²) in [5.41, 5.74) is 1.75. The summed E-state index contributed by atoms with van der Waals surface area (Å²) in [5.74, 6) is 1.03. The second-order valence-electron chi connectivity index (χ2n) is 5.10. The summed E-state index contributed by atoms with van der Waals surface area (Å²) in [6.45, 7) is 0.142. The zero-order valence-electron chi connectivity index (χ0n) is 13.0. The number of urea groups is 1. The Bertz CT molecular complexity index is 932. The molecule has 0 bridgehead atoms. The molecule has 124 valence electrons. The Morgan fingerprint density at radius 1 is 1.24 bits per heavy atom. The molecule has 1 heterocycles. The molecule has 0 atom stereocenters. The van der Waals surface area contributed by atoms with Crippen molar-refractivity contribution in [2.45, 2.75) is 6.54 Å². The lowest BCUT2D eigenvalue weighted by Crippen LogP contribution is -2.28. The van der Waals surface area contributed by atoms with Crippen LogP contribution in [-0.2, 0) is 6.54 Å². The molecule has 2 aromatic carbocycles. The number of nitrogens with zero attached hydrogens (tertiary/aromatic N) is 2. The average Bonchev–Trinajstić information content (AvgIpc) is 3.10. The van der Waals surface area contributed by atoms with Gasteiger partial charge in [-0.25, -0.2) is 9.78 Å². The predicted octanol–water partition coefficient (Wildman–Crippen LogP) is 4.19. The summed E-state index contributed by atoms with van der Waals surface area (Å²) in [6.07, 6.45) is 1.62. The van der Waals surface area contributed by atoms with Gasteiger partial charge in [0.1, 0.15) is 6.07 Å². The SMILES string of the molecule is N#Cc1ccc(NC(=O)NCc2ncc(-c3ccccc3)o2)cc1Cl. The summed E-state index contributed by atoms with van der Waals surface area (Å²) in [5, 5.41) is 14.4. The second-order valence-corrected chi connectivity index (χ2v) is 5.51. The molecule has 3 aromatic rings. The fourth-order valence-corrected chi connectivity index (χ4v) is 2.37. The van der Waals surface area contributed by atoms with Gasteiger partial charge in [-0.15, -0.1) is 0 Å². The van der Waals surface area contributed by atoms with E-state index in [2.05, 4.69) is 15.6 Å². The van der Waals surface area contributed by atoms with Gasteiger partial charge < -0.3 is 15.1 Å². The maximum Gasteiger partial charge on any atom is 0.319 e. The van der Waals surface area contributed by atoms with E-state index in [0.717, 1.165) is 5.56 Å². The fraction of sp³-hybridized carbons (Fsp3) is 0.0556. The Kier molecular flexibility index (Phi) is 4.97. The third-order valence-corrected chi connectivity index (χ3v) is 3.67. The first kappa shape index (κ1) is 16.6. The highest BCUT2D eigenvalue weighted by Gasteiger charge is 2.09. The van der Waals surface area contributed by atoms with Gasteiger partial charge in [0.05, 0.1) is 23.3 Å². The number of oxazole rings is 1. The molecular weight excluding hydrogens is 340 g/mol. The van der Waals surface area contributed by atoms with Crippen LogP contribution >= 0.6 is 11.6 Å². The van der Waals surface area contributed by atoms with E-state index >= 15 is 0 Å². The Morgan fingerprint density at radius 2 is 2.04 bits per heavy atom. The number of nitrogens with one attached hydrogen (secondary N) is 2. The Morgan fingerprint density at radius 3 is 2.76 bits per heavy atom. The number of anilines is 1. The van der Waals surface area contributed by atoms with Crippen LogP contribution in [0.2, 0.25) is 5.02 Å². The van der Waals surface area contributed by atoms with E-state index < -0.39 is 6.03 Å². The largest absolute Gasteiger partial charge is 0.439 e. The van der Waals surface area contributed by atoms with Gasteiger partial charge in [-0.2, -0.15) is 5.26 Å². The molecule has 0 spiro atoms. The third-order valence-electron chi connectivity index (χ3n) is 3.36. The van der Waals surface area contributed by atoms with Gasteiger partial charge in [0.25, 0.3) is 0 Å². The number of amides is 2. The van der Waals surface area contributed by atoms with Crippen molar-refractivity contribution >= 4 is 23.3 Å². The van der Waals surface area contributed by atoms with Crippen LogP contribution in [0.4, 0.5) is 10.5 Å². The molecule has 1 aromatic heterocycles. The maximum atomic E-state index is 11.9. The number of nitriles is 1. The first-order chi connectivity index (χ1) is 12.2. The van der Waals surface area contributed by atoms with Crippen molar-refractivity contribution in [2.24, 2.45) is 0 Å². The van der Waals surface area contributed by atoms with Crippen LogP contribution in [0.1, 0.15) is 11.5 Å². The van der Waals surface area contributed by atoms with Crippen molar-refractivity contribution in [1.82, 2.24) is 10.3 Å². The van der Waals surface area contributed by atoms with Crippen LogP contribution in [0.5, 0.6) is 0 Å². The number of carbonyl (C=O) groups is 1. The molecule has 7 heteroatoms. The summed E-state index contributed by atoms with van der Waals surface area (Å²) < 4.78 is 5.61. The first-order valence-electron chi connectivity index (χ1n) is 7.40. The van der Waals surface area contributed by atoms with Crippen molar-refractivity contribution in [3.63, 3.8) is 0 Å². The topological polar surface area (TPSA) is 91.0 Å². The number of halogens is 1. The Balaban J connectivity index is 1.57. The van der Waals surface area contributed by atoms with Crippen molar-refractivity contribution in [1.29, 1.82) is 5.26 Å². The molecule has 0 radical (unpaired) electrons. The third kappa shape index (κ3) is 4.16. The molecule has 0 fully saturated rings. The van der Waals surface area contributed by atoms with Crippen LogP contribution in [0.25, 0.3) is 11.3 Å². The molecule has 2 amide bonds. The van der Waals surface area contributed by atoms with Crippen molar-refractivity contribution < 1.29 is 9.21 Å². The quantitative estimate of drug-likeness (QED) is 0.736. The van der Waals surface area contributed by atoms with E-state index in [4.69, 9.17) is 21.3 Å². The van der Waals surface area contributed by atoms with Gasteiger partial charge in [0, 0.05) is 11.3 Å². The Hall–Kier alpha value is -3.30. The molecular formula is C18H13ClN4O2.